The van der Waals surface area contributed by atoms with E-state index in [0.29, 0.717) is 0 Å². The molecular formula is C19H12F5N3O2. The standard InChI is InChI=1S/C19H12F5N3O2/c20-13-5-6-14(21)15(8-13)27-9-11(7-16(27)28)17-25-18(29-26-17)10-1-3-12(4-2-10)19(22,23)24/h1-6,8,11H,7,9H2. The van der Waals surface area contributed by atoms with Crippen molar-refractivity contribution in [1.82, 2.24) is 10.1 Å². The molecule has 2 heterocycles. The van der Waals surface area contributed by atoms with Crippen molar-refractivity contribution in [3.63, 3.8) is 0 Å². The van der Waals surface area contributed by atoms with Gasteiger partial charge in [-0.2, -0.15) is 18.2 Å². The van der Waals surface area contributed by atoms with Crippen molar-refractivity contribution in [3.05, 3.63) is 65.5 Å². The molecule has 0 bridgehead atoms. The third-order valence-corrected chi connectivity index (χ3v) is 4.59. The van der Waals surface area contributed by atoms with Gasteiger partial charge in [0.25, 0.3) is 5.89 Å². The Morgan fingerprint density at radius 1 is 1.07 bits per heavy atom. The molecule has 1 atom stereocenters. The Hall–Kier alpha value is -3.30. The summed E-state index contributed by atoms with van der Waals surface area (Å²) >= 11 is 0. The smallest absolute Gasteiger partial charge is 0.334 e. The van der Waals surface area contributed by atoms with Crippen LogP contribution in [0.4, 0.5) is 27.6 Å². The maximum absolute atomic E-state index is 14.0. The van der Waals surface area contributed by atoms with Gasteiger partial charge in [-0.15, -0.1) is 0 Å². The number of rotatable bonds is 3. The fourth-order valence-corrected chi connectivity index (χ4v) is 3.13. The average Bonchev–Trinajstić information content (AvgIpc) is 3.30. The average molecular weight is 409 g/mol. The molecule has 0 aliphatic carbocycles. The van der Waals surface area contributed by atoms with Gasteiger partial charge in [-0.1, -0.05) is 5.16 Å². The van der Waals surface area contributed by atoms with Crippen molar-refractivity contribution < 1.29 is 31.3 Å². The van der Waals surface area contributed by atoms with Crippen molar-refractivity contribution in [2.24, 2.45) is 0 Å². The number of hydrogen-bond acceptors (Lipinski definition) is 4. The molecule has 1 fully saturated rings. The molecule has 0 saturated carbocycles. The molecule has 2 aromatic carbocycles. The van der Waals surface area contributed by atoms with E-state index >= 15 is 0 Å². The molecule has 10 heteroatoms. The minimum absolute atomic E-state index is 0.00319. The normalized spacial score (nSPS) is 17.2. The molecule has 3 aromatic rings. The summed E-state index contributed by atoms with van der Waals surface area (Å²) in [4.78, 5) is 17.5. The predicted octanol–water partition coefficient (Wildman–Crippen LogP) is 4.55. The van der Waals surface area contributed by atoms with Gasteiger partial charge in [-0.05, 0) is 36.4 Å². The van der Waals surface area contributed by atoms with Gasteiger partial charge in [0, 0.05) is 30.5 Å². The molecule has 0 radical (unpaired) electrons. The molecule has 0 spiro atoms. The van der Waals surface area contributed by atoms with Crippen molar-refractivity contribution in [1.29, 1.82) is 0 Å². The van der Waals surface area contributed by atoms with Crippen LogP contribution in [0.3, 0.4) is 0 Å². The van der Waals surface area contributed by atoms with E-state index in [4.69, 9.17) is 4.52 Å². The Kier molecular flexibility index (Phi) is 4.56. The molecule has 0 N–H and O–H groups in total. The van der Waals surface area contributed by atoms with Gasteiger partial charge >= 0.3 is 6.18 Å². The number of carbonyl (C=O) groups is 1. The zero-order valence-electron chi connectivity index (χ0n) is 14.6. The van der Waals surface area contributed by atoms with Gasteiger partial charge in [-0.3, -0.25) is 4.79 Å². The summed E-state index contributed by atoms with van der Waals surface area (Å²) in [5, 5.41) is 3.79. The highest BCUT2D eigenvalue weighted by Crippen LogP contribution is 2.34. The zero-order chi connectivity index (χ0) is 20.8. The largest absolute Gasteiger partial charge is 0.416 e. The zero-order valence-corrected chi connectivity index (χ0v) is 14.6. The van der Waals surface area contributed by atoms with Crippen molar-refractivity contribution >= 4 is 11.6 Å². The molecule has 4 rings (SSSR count). The van der Waals surface area contributed by atoms with E-state index in [-0.39, 0.29) is 35.9 Å². The second-order valence-electron chi connectivity index (χ2n) is 6.53. The summed E-state index contributed by atoms with van der Waals surface area (Å²) in [7, 11) is 0. The minimum Gasteiger partial charge on any atom is -0.334 e. The molecule has 1 aromatic heterocycles. The van der Waals surface area contributed by atoms with Gasteiger partial charge in [0.15, 0.2) is 5.82 Å². The Bertz CT molecular complexity index is 1060. The van der Waals surface area contributed by atoms with Crippen molar-refractivity contribution in [2.75, 3.05) is 11.4 Å². The number of amides is 1. The Morgan fingerprint density at radius 3 is 2.48 bits per heavy atom. The quantitative estimate of drug-likeness (QED) is 0.596. The molecule has 1 aliphatic heterocycles. The van der Waals surface area contributed by atoms with Gasteiger partial charge in [-0.25, -0.2) is 8.78 Å². The number of benzene rings is 2. The fraction of sp³-hybridized carbons (Fsp3) is 0.211. The first-order valence-electron chi connectivity index (χ1n) is 8.49. The SMILES string of the molecule is O=C1CC(c2noc(-c3ccc(C(F)(F)F)cc3)n2)CN1c1cc(F)ccc1F. The highest BCUT2D eigenvalue weighted by atomic mass is 19.4. The number of alkyl halides is 3. The van der Waals surface area contributed by atoms with Gasteiger partial charge in [0.1, 0.15) is 11.6 Å². The summed E-state index contributed by atoms with van der Waals surface area (Å²) in [5.74, 6) is -2.22. The van der Waals surface area contributed by atoms with Crippen LogP contribution in [0.2, 0.25) is 0 Å². The lowest BCUT2D eigenvalue weighted by Crippen LogP contribution is -2.25. The number of aromatic nitrogens is 2. The monoisotopic (exact) mass is 409 g/mol. The number of halogens is 5. The molecule has 1 amide bonds. The van der Waals surface area contributed by atoms with Gasteiger partial charge in [0.2, 0.25) is 5.91 Å². The van der Waals surface area contributed by atoms with Crippen molar-refractivity contribution in [3.8, 4) is 11.5 Å². The van der Waals surface area contributed by atoms with Crippen LogP contribution in [-0.4, -0.2) is 22.6 Å². The number of anilines is 1. The topological polar surface area (TPSA) is 59.2 Å². The van der Waals surface area contributed by atoms with E-state index in [1.54, 1.807) is 0 Å². The molecule has 1 saturated heterocycles. The van der Waals surface area contributed by atoms with Crippen LogP contribution in [0.5, 0.6) is 0 Å². The number of hydrogen-bond donors (Lipinski definition) is 0. The molecular weight excluding hydrogens is 397 g/mol. The molecule has 150 valence electrons. The second kappa shape index (κ2) is 6.94. The van der Waals surface area contributed by atoms with E-state index < -0.39 is 35.2 Å². The maximum Gasteiger partial charge on any atom is 0.416 e. The Labute approximate surface area is 160 Å². The lowest BCUT2D eigenvalue weighted by molar-refractivity contribution is -0.137. The third-order valence-electron chi connectivity index (χ3n) is 4.59. The van der Waals surface area contributed by atoms with Crippen LogP contribution in [0, 0.1) is 11.6 Å². The highest BCUT2D eigenvalue weighted by Gasteiger charge is 2.36. The third kappa shape index (κ3) is 3.69. The van der Waals surface area contributed by atoms with Crippen LogP contribution in [-0.2, 0) is 11.0 Å². The van der Waals surface area contributed by atoms with Crippen LogP contribution in [0.15, 0.2) is 47.0 Å². The first-order chi connectivity index (χ1) is 13.7. The van der Waals surface area contributed by atoms with E-state index in [1.807, 2.05) is 0 Å². The van der Waals surface area contributed by atoms with E-state index in [2.05, 4.69) is 10.1 Å². The fourth-order valence-electron chi connectivity index (χ4n) is 3.13. The Balaban J connectivity index is 1.54. The highest BCUT2D eigenvalue weighted by molar-refractivity contribution is 5.96. The predicted molar refractivity (Wildman–Crippen MR) is 90.8 cm³/mol. The van der Waals surface area contributed by atoms with Gasteiger partial charge in [0.05, 0.1) is 11.3 Å². The maximum atomic E-state index is 14.0. The van der Waals surface area contributed by atoms with E-state index in [0.717, 1.165) is 35.2 Å². The summed E-state index contributed by atoms with van der Waals surface area (Å²) in [5.41, 5.74) is -0.701. The number of nitrogens with zero attached hydrogens (tertiary/aromatic N) is 3. The van der Waals surface area contributed by atoms with E-state index in [9.17, 15) is 26.7 Å². The lowest BCUT2D eigenvalue weighted by atomic mass is 10.1. The summed E-state index contributed by atoms with van der Waals surface area (Å²) in [6.07, 6.45) is -4.50. The first-order valence-corrected chi connectivity index (χ1v) is 8.49. The van der Waals surface area contributed by atoms with Crippen LogP contribution in [0.25, 0.3) is 11.5 Å². The van der Waals surface area contributed by atoms with Crippen LogP contribution in [0.1, 0.15) is 23.7 Å². The summed E-state index contributed by atoms with van der Waals surface area (Å²) in [6.45, 7) is 0.0190. The number of carbonyl (C=O) groups excluding carboxylic acids is 1. The molecule has 1 unspecified atom stereocenters. The molecule has 5 nitrogen and oxygen atoms in total. The van der Waals surface area contributed by atoms with Crippen molar-refractivity contribution in [2.45, 2.75) is 18.5 Å². The Morgan fingerprint density at radius 2 is 1.79 bits per heavy atom. The second-order valence-corrected chi connectivity index (χ2v) is 6.53. The lowest BCUT2D eigenvalue weighted by Gasteiger charge is -2.16. The summed E-state index contributed by atoms with van der Waals surface area (Å²) < 4.78 is 70.5. The van der Waals surface area contributed by atoms with Crippen LogP contribution < -0.4 is 4.90 Å². The molecule has 29 heavy (non-hydrogen) atoms. The minimum atomic E-state index is -4.46. The van der Waals surface area contributed by atoms with E-state index in [1.165, 1.54) is 12.1 Å². The van der Waals surface area contributed by atoms with Gasteiger partial charge < -0.3 is 9.42 Å². The first kappa shape index (κ1) is 19.0. The van der Waals surface area contributed by atoms with Crippen LogP contribution >= 0.6 is 0 Å². The molecule has 1 aliphatic rings. The summed E-state index contributed by atoms with van der Waals surface area (Å²) in [6, 6.07) is 7.01.